The van der Waals surface area contributed by atoms with Gasteiger partial charge in [0.05, 0.1) is 0 Å². The van der Waals surface area contributed by atoms with E-state index in [1.165, 1.54) is 0 Å². The summed E-state index contributed by atoms with van der Waals surface area (Å²) in [7, 11) is 3.85. The zero-order chi connectivity index (χ0) is 18.8. The van der Waals surface area contributed by atoms with Gasteiger partial charge in [-0.2, -0.15) is 4.98 Å². The maximum absolute atomic E-state index is 5.38. The second-order valence-corrected chi connectivity index (χ2v) is 6.22. The largest absolute Gasteiger partial charge is 0.352 e. The van der Waals surface area contributed by atoms with Crippen LogP contribution in [-0.2, 0) is 13.0 Å². The summed E-state index contributed by atoms with van der Waals surface area (Å²) in [6.45, 7) is 7.48. The van der Waals surface area contributed by atoms with E-state index >= 15 is 0 Å². The lowest BCUT2D eigenvalue weighted by atomic mass is 10.1. The Labute approximate surface area is 179 Å². The molecule has 0 aliphatic heterocycles. The van der Waals surface area contributed by atoms with Gasteiger partial charge in [0.15, 0.2) is 11.8 Å². The van der Waals surface area contributed by atoms with Crippen LogP contribution in [0.2, 0.25) is 0 Å². The minimum absolute atomic E-state index is 0. The van der Waals surface area contributed by atoms with Crippen LogP contribution in [-0.4, -0.2) is 41.6 Å². The molecule has 148 valence electrons. The predicted molar refractivity (Wildman–Crippen MR) is 121 cm³/mol. The molecular formula is C20H30IN5O. The predicted octanol–water partition coefficient (Wildman–Crippen LogP) is 4.28. The number of guanidine groups is 1. The number of aromatic nitrogens is 2. The molecule has 0 fully saturated rings. The molecule has 1 N–H and O–H groups in total. The molecule has 0 spiro atoms. The second kappa shape index (κ2) is 12.5. The maximum Gasteiger partial charge on any atom is 0.257 e. The molecule has 0 atom stereocenters. The Morgan fingerprint density at radius 3 is 2.93 bits per heavy atom. The summed E-state index contributed by atoms with van der Waals surface area (Å²) in [5.74, 6) is 2.20. The zero-order valence-electron chi connectivity index (χ0n) is 16.4. The van der Waals surface area contributed by atoms with Gasteiger partial charge in [-0.05, 0) is 37.0 Å². The van der Waals surface area contributed by atoms with Crippen molar-refractivity contribution in [2.45, 2.75) is 39.2 Å². The van der Waals surface area contributed by atoms with Gasteiger partial charge >= 0.3 is 0 Å². The zero-order valence-corrected chi connectivity index (χ0v) is 18.8. The number of aliphatic imine (C=N–C) groups is 1. The highest BCUT2D eigenvalue weighted by Crippen LogP contribution is 2.19. The van der Waals surface area contributed by atoms with Crippen LogP contribution in [0.3, 0.4) is 0 Å². The van der Waals surface area contributed by atoms with E-state index in [1.807, 2.05) is 25.3 Å². The fraction of sp³-hybridized carbons (Fsp3) is 0.450. The Kier molecular flexibility index (Phi) is 10.7. The first kappa shape index (κ1) is 23.1. The molecule has 0 radical (unpaired) electrons. The average Bonchev–Trinajstić information content (AvgIpc) is 3.12. The molecule has 7 heteroatoms. The summed E-state index contributed by atoms with van der Waals surface area (Å²) in [6, 6.07) is 8.14. The minimum atomic E-state index is 0. The number of benzene rings is 1. The molecule has 0 aliphatic carbocycles. The van der Waals surface area contributed by atoms with Crippen LogP contribution < -0.4 is 5.32 Å². The number of aryl methyl sites for hydroxylation is 1. The third-order valence-corrected chi connectivity index (χ3v) is 4.04. The summed E-state index contributed by atoms with van der Waals surface area (Å²) >= 11 is 0. The van der Waals surface area contributed by atoms with E-state index in [4.69, 9.17) is 4.52 Å². The van der Waals surface area contributed by atoms with Crippen molar-refractivity contribution in [2.75, 3.05) is 20.6 Å². The number of allylic oxidation sites excluding steroid dienone is 1. The lowest BCUT2D eigenvalue weighted by Gasteiger charge is -2.22. The number of nitrogens with one attached hydrogen (secondary N) is 1. The third kappa shape index (κ3) is 7.32. The lowest BCUT2D eigenvalue weighted by Crippen LogP contribution is -2.38. The molecule has 1 aromatic heterocycles. The van der Waals surface area contributed by atoms with Crippen molar-refractivity contribution in [3.63, 3.8) is 0 Å². The molecule has 2 aromatic rings. The van der Waals surface area contributed by atoms with Crippen molar-refractivity contribution in [1.29, 1.82) is 0 Å². The summed E-state index contributed by atoms with van der Waals surface area (Å²) in [5, 5.41) is 7.42. The molecule has 6 nitrogen and oxygen atoms in total. The molecule has 1 aromatic carbocycles. The van der Waals surface area contributed by atoms with E-state index in [0.29, 0.717) is 12.4 Å². The van der Waals surface area contributed by atoms with Crippen molar-refractivity contribution in [2.24, 2.45) is 4.99 Å². The summed E-state index contributed by atoms with van der Waals surface area (Å²) < 4.78 is 5.38. The van der Waals surface area contributed by atoms with Gasteiger partial charge in [0.1, 0.15) is 0 Å². The topological polar surface area (TPSA) is 66.5 Å². The van der Waals surface area contributed by atoms with E-state index in [0.717, 1.165) is 55.1 Å². The molecule has 2 rings (SSSR count). The molecule has 0 saturated heterocycles. The van der Waals surface area contributed by atoms with E-state index in [9.17, 15) is 0 Å². The normalized spacial score (nSPS) is 11.0. The van der Waals surface area contributed by atoms with Crippen LogP contribution in [0.25, 0.3) is 11.5 Å². The lowest BCUT2D eigenvalue weighted by molar-refractivity contribution is 0.422. The Balaban J connectivity index is 0.00000364. The van der Waals surface area contributed by atoms with Crippen molar-refractivity contribution in [3.05, 3.63) is 48.3 Å². The van der Waals surface area contributed by atoms with Crippen LogP contribution in [0, 0.1) is 0 Å². The number of halogens is 1. The van der Waals surface area contributed by atoms with Crippen molar-refractivity contribution < 1.29 is 4.52 Å². The van der Waals surface area contributed by atoms with Gasteiger partial charge in [0.25, 0.3) is 5.89 Å². The highest BCUT2D eigenvalue weighted by atomic mass is 127. The minimum Gasteiger partial charge on any atom is -0.352 e. The number of rotatable bonds is 9. The van der Waals surface area contributed by atoms with Crippen LogP contribution >= 0.6 is 24.0 Å². The standard InChI is InChI=1S/C20H29N5O.HI/c1-5-7-8-13-25(4)20(21-3)22-15-16-11-9-12-17(14-16)19-23-18(10-6-2)24-26-19;/h5,9,11-12,14H,1,6-8,10,13,15H2,2-4H3,(H,21,22);1H. The van der Waals surface area contributed by atoms with E-state index in [1.54, 1.807) is 7.05 Å². The first-order valence-electron chi connectivity index (χ1n) is 9.12. The molecule has 27 heavy (non-hydrogen) atoms. The quantitative estimate of drug-likeness (QED) is 0.190. The van der Waals surface area contributed by atoms with Gasteiger partial charge in [0, 0.05) is 39.2 Å². The Bertz CT molecular complexity index is 729. The second-order valence-electron chi connectivity index (χ2n) is 6.22. The van der Waals surface area contributed by atoms with Crippen LogP contribution in [0.5, 0.6) is 0 Å². The van der Waals surface area contributed by atoms with E-state index in [-0.39, 0.29) is 24.0 Å². The van der Waals surface area contributed by atoms with Crippen LogP contribution in [0.1, 0.15) is 37.6 Å². The Hall–Kier alpha value is -1.90. The number of hydrogen-bond donors (Lipinski definition) is 1. The van der Waals surface area contributed by atoms with Gasteiger partial charge in [0.2, 0.25) is 0 Å². The van der Waals surface area contributed by atoms with E-state index < -0.39 is 0 Å². The highest BCUT2D eigenvalue weighted by Gasteiger charge is 2.10. The number of unbranched alkanes of at least 4 members (excludes halogenated alkanes) is 1. The van der Waals surface area contributed by atoms with Gasteiger partial charge in [-0.1, -0.05) is 30.3 Å². The fourth-order valence-corrected chi connectivity index (χ4v) is 2.66. The highest BCUT2D eigenvalue weighted by molar-refractivity contribution is 14.0. The Morgan fingerprint density at radius 1 is 1.41 bits per heavy atom. The van der Waals surface area contributed by atoms with Crippen molar-refractivity contribution in [3.8, 4) is 11.5 Å². The molecule has 0 amide bonds. The summed E-state index contributed by atoms with van der Waals surface area (Å²) in [4.78, 5) is 10.9. The van der Waals surface area contributed by atoms with Crippen LogP contribution in [0.15, 0.2) is 46.4 Å². The fourth-order valence-electron chi connectivity index (χ4n) is 2.66. The van der Waals surface area contributed by atoms with Crippen LogP contribution in [0.4, 0.5) is 0 Å². The SMILES string of the molecule is C=CCCCN(C)C(=NC)NCc1cccc(-c2nc(CCC)no2)c1.I. The summed E-state index contributed by atoms with van der Waals surface area (Å²) in [5.41, 5.74) is 2.08. The number of nitrogens with zero attached hydrogens (tertiary/aromatic N) is 4. The van der Waals surface area contributed by atoms with Crippen molar-refractivity contribution >= 4 is 29.9 Å². The molecular weight excluding hydrogens is 453 g/mol. The smallest absolute Gasteiger partial charge is 0.257 e. The van der Waals surface area contributed by atoms with Crippen molar-refractivity contribution in [1.82, 2.24) is 20.4 Å². The molecule has 1 heterocycles. The first-order chi connectivity index (χ1) is 12.7. The maximum atomic E-state index is 5.38. The third-order valence-electron chi connectivity index (χ3n) is 4.04. The van der Waals surface area contributed by atoms with E-state index in [2.05, 4.69) is 51.0 Å². The first-order valence-corrected chi connectivity index (χ1v) is 9.12. The molecule has 0 unspecified atom stereocenters. The molecule has 0 aliphatic rings. The monoisotopic (exact) mass is 483 g/mol. The molecule has 0 bridgehead atoms. The summed E-state index contributed by atoms with van der Waals surface area (Å²) in [6.07, 6.45) is 5.85. The van der Waals surface area contributed by atoms with Gasteiger partial charge in [-0.15, -0.1) is 30.6 Å². The average molecular weight is 483 g/mol. The number of hydrogen-bond acceptors (Lipinski definition) is 4. The Morgan fingerprint density at radius 2 is 2.22 bits per heavy atom. The van der Waals surface area contributed by atoms with Gasteiger partial charge in [-0.3, -0.25) is 4.99 Å². The van der Waals surface area contributed by atoms with Gasteiger partial charge < -0.3 is 14.7 Å². The molecule has 0 saturated carbocycles. The van der Waals surface area contributed by atoms with Gasteiger partial charge in [-0.25, -0.2) is 0 Å².